The summed E-state index contributed by atoms with van der Waals surface area (Å²) >= 11 is 0. The summed E-state index contributed by atoms with van der Waals surface area (Å²) in [6.45, 7) is 6.24. The summed E-state index contributed by atoms with van der Waals surface area (Å²) in [4.78, 5) is 39.7. The van der Waals surface area contributed by atoms with Crippen LogP contribution in [-0.4, -0.2) is 28.7 Å². The van der Waals surface area contributed by atoms with Crippen LogP contribution in [0.4, 0.5) is 0 Å². The third-order valence-electron chi connectivity index (χ3n) is 5.51. The van der Waals surface area contributed by atoms with E-state index in [9.17, 15) is 14.4 Å². The molecule has 0 saturated heterocycles. The standard InChI is InChI=1S/C25H23NO4/c1-4-19-20(25(29)30-5-2)21-22(26(19)14-16-12-10-15(3)11-13-16)24(28)18-9-7-6-8-17(18)23(21)27/h6-13H,4-5,14H2,1-3H3. The number of esters is 1. The van der Waals surface area contributed by atoms with Crippen molar-refractivity contribution in [3.05, 3.63) is 93.3 Å². The Balaban J connectivity index is 1.98. The molecule has 0 spiro atoms. The van der Waals surface area contributed by atoms with Crippen molar-refractivity contribution >= 4 is 17.5 Å². The molecule has 0 aliphatic heterocycles. The SMILES string of the molecule is CCOC(=O)c1c2c(n(Cc3ccc(C)cc3)c1CC)C(=O)c1ccccc1C2=O. The van der Waals surface area contributed by atoms with E-state index in [0.717, 1.165) is 11.1 Å². The van der Waals surface area contributed by atoms with Crippen molar-refractivity contribution in [2.75, 3.05) is 6.61 Å². The van der Waals surface area contributed by atoms with Crippen LogP contribution in [0, 0.1) is 6.92 Å². The fraction of sp³-hybridized carbons (Fsp3) is 0.240. The highest BCUT2D eigenvalue weighted by Gasteiger charge is 2.39. The minimum absolute atomic E-state index is 0.168. The predicted octanol–water partition coefficient (Wildman–Crippen LogP) is 4.36. The quantitative estimate of drug-likeness (QED) is 0.466. The number of ether oxygens (including phenoxy) is 1. The zero-order valence-corrected chi connectivity index (χ0v) is 17.3. The Labute approximate surface area is 175 Å². The summed E-state index contributed by atoms with van der Waals surface area (Å²) in [5, 5.41) is 0. The lowest BCUT2D eigenvalue weighted by atomic mass is 9.86. The lowest BCUT2D eigenvalue weighted by Crippen LogP contribution is -2.24. The predicted molar refractivity (Wildman–Crippen MR) is 113 cm³/mol. The van der Waals surface area contributed by atoms with Crippen molar-refractivity contribution in [2.45, 2.75) is 33.7 Å². The molecule has 5 nitrogen and oxygen atoms in total. The van der Waals surface area contributed by atoms with Crippen LogP contribution >= 0.6 is 0 Å². The van der Waals surface area contributed by atoms with Gasteiger partial charge in [-0.3, -0.25) is 9.59 Å². The van der Waals surface area contributed by atoms with Gasteiger partial charge >= 0.3 is 5.97 Å². The Kier molecular flexibility index (Phi) is 5.12. The second-order valence-electron chi connectivity index (χ2n) is 7.39. The molecule has 30 heavy (non-hydrogen) atoms. The van der Waals surface area contributed by atoms with E-state index >= 15 is 0 Å². The number of ketones is 2. The molecular weight excluding hydrogens is 378 g/mol. The number of fused-ring (bicyclic) bond motifs is 2. The first-order valence-electron chi connectivity index (χ1n) is 10.1. The molecule has 2 aromatic carbocycles. The van der Waals surface area contributed by atoms with E-state index in [0.29, 0.717) is 29.8 Å². The lowest BCUT2D eigenvalue weighted by molar-refractivity contribution is 0.0522. The highest BCUT2D eigenvalue weighted by atomic mass is 16.5. The van der Waals surface area contributed by atoms with Crippen LogP contribution in [0.1, 0.15) is 73.0 Å². The molecule has 0 saturated carbocycles. The van der Waals surface area contributed by atoms with Gasteiger partial charge in [0.25, 0.3) is 0 Å². The van der Waals surface area contributed by atoms with E-state index in [-0.39, 0.29) is 35.0 Å². The Morgan fingerprint density at radius 2 is 1.57 bits per heavy atom. The number of hydrogen-bond acceptors (Lipinski definition) is 4. The van der Waals surface area contributed by atoms with Gasteiger partial charge in [-0.25, -0.2) is 4.79 Å². The van der Waals surface area contributed by atoms with Crippen LogP contribution in [0.25, 0.3) is 0 Å². The van der Waals surface area contributed by atoms with Crippen LogP contribution in [0.15, 0.2) is 48.5 Å². The first-order valence-corrected chi connectivity index (χ1v) is 10.1. The molecule has 0 N–H and O–H groups in total. The Bertz CT molecular complexity index is 1170. The number of carbonyl (C=O) groups is 3. The van der Waals surface area contributed by atoms with Gasteiger partial charge in [-0.15, -0.1) is 0 Å². The lowest BCUT2D eigenvalue weighted by Gasteiger charge is -2.18. The maximum atomic E-state index is 13.5. The number of aryl methyl sites for hydroxylation is 1. The first-order chi connectivity index (χ1) is 14.5. The molecule has 1 aliphatic rings. The molecule has 0 unspecified atom stereocenters. The van der Waals surface area contributed by atoms with Crippen LogP contribution < -0.4 is 0 Å². The Morgan fingerprint density at radius 3 is 2.17 bits per heavy atom. The van der Waals surface area contributed by atoms with Crippen LogP contribution in [0.5, 0.6) is 0 Å². The van der Waals surface area contributed by atoms with E-state index in [1.165, 1.54) is 0 Å². The molecule has 0 atom stereocenters. The van der Waals surface area contributed by atoms with Gasteiger partial charge in [-0.2, -0.15) is 0 Å². The summed E-state index contributed by atoms with van der Waals surface area (Å²) in [6.07, 6.45) is 0.490. The van der Waals surface area contributed by atoms with Crippen molar-refractivity contribution in [3.8, 4) is 0 Å². The molecule has 5 heteroatoms. The summed E-state index contributed by atoms with van der Waals surface area (Å²) in [6, 6.07) is 14.8. The third kappa shape index (κ3) is 3.07. The van der Waals surface area contributed by atoms with E-state index in [1.807, 2.05) is 42.7 Å². The van der Waals surface area contributed by atoms with Gasteiger partial charge < -0.3 is 9.30 Å². The zero-order chi connectivity index (χ0) is 21.4. The van der Waals surface area contributed by atoms with Gasteiger partial charge in [0.1, 0.15) is 5.69 Å². The van der Waals surface area contributed by atoms with Crippen molar-refractivity contribution < 1.29 is 19.1 Å². The second kappa shape index (κ2) is 7.75. The number of hydrogen-bond donors (Lipinski definition) is 0. The van der Waals surface area contributed by atoms with Gasteiger partial charge in [0, 0.05) is 23.4 Å². The molecule has 4 rings (SSSR count). The zero-order valence-electron chi connectivity index (χ0n) is 17.3. The number of aromatic nitrogens is 1. The van der Waals surface area contributed by atoms with Crippen LogP contribution in [0.2, 0.25) is 0 Å². The molecule has 0 fully saturated rings. The Hall–Kier alpha value is -3.47. The average molecular weight is 401 g/mol. The molecule has 1 aromatic heterocycles. The number of rotatable bonds is 5. The number of carbonyl (C=O) groups excluding carboxylic acids is 3. The van der Waals surface area contributed by atoms with Crippen molar-refractivity contribution in [1.82, 2.24) is 4.57 Å². The minimum Gasteiger partial charge on any atom is -0.462 e. The van der Waals surface area contributed by atoms with Crippen molar-refractivity contribution in [3.63, 3.8) is 0 Å². The van der Waals surface area contributed by atoms with E-state index in [4.69, 9.17) is 4.74 Å². The summed E-state index contributed by atoms with van der Waals surface area (Å²) < 4.78 is 7.09. The first kappa shape index (κ1) is 19.8. The molecular formula is C25H23NO4. The van der Waals surface area contributed by atoms with Crippen molar-refractivity contribution in [2.24, 2.45) is 0 Å². The number of benzene rings is 2. The molecule has 1 heterocycles. The highest BCUT2D eigenvalue weighted by Crippen LogP contribution is 2.35. The van der Waals surface area contributed by atoms with E-state index in [2.05, 4.69) is 0 Å². The largest absolute Gasteiger partial charge is 0.462 e. The average Bonchev–Trinajstić information content (AvgIpc) is 3.08. The smallest absolute Gasteiger partial charge is 0.340 e. The minimum atomic E-state index is -0.561. The molecule has 1 aliphatic carbocycles. The third-order valence-corrected chi connectivity index (χ3v) is 5.51. The molecule has 3 aromatic rings. The molecule has 152 valence electrons. The van der Waals surface area contributed by atoms with Gasteiger partial charge in [0.15, 0.2) is 5.78 Å². The molecule has 0 amide bonds. The van der Waals surface area contributed by atoms with E-state index in [1.54, 1.807) is 31.2 Å². The van der Waals surface area contributed by atoms with Crippen LogP contribution in [0.3, 0.4) is 0 Å². The monoisotopic (exact) mass is 401 g/mol. The maximum absolute atomic E-state index is 13.5. The normalized spacial score (nSPS) is 12.5. The van der Waals surface area contributed by atoms with E-state index < -0.39 is 5.97 Å². The summed E-state index contributed by atoms with van der Waals surface area (Å²) in [5.41, 5.74) is 4.13. The van der Waals surface area contributed by atoms with Crippen molar-refractivity contribution in [1.29, 1.82) is 0 Å². The van der Waals surface area contributed by atoms with Gasteiger partial charge in [0.05, 0.1) is 17.7 Å². The van der Waals surface area contributed by atoms with Gasteiger partial charge in [0.2, 0.25) is 5.78 Å². The van der Waals surface area contributed by atoms with Gasteiger partial charge in [-0.1, -0.05) is 61.0 Å². The number of nitrogens with zero attached hydrogens (tertiary/aromatic N) is 1. The fourth-order valence-corrected chi connectivity index (χ4v) is 4.11. The molecule has 0 radical (unpaired) electrons. The summed E-state index contributed by atoms with van der Waals surface area (Å²) in [7, 11) is 0. The van der Waals surface area contributed by atoms with Crippen LogP contribution in [-0.2, 0) is 17.7 Å². The second-order valence-corrected chi connectivity index (χ2v) is 7.39. The fourth-order valence-electron chi connectivity index (χ4n) is 4.11. The molecule has 0 bridgehead atoms. The maximum Gasteiger partial charge on any atom is 0.340 e. The highest BCUT2D eigenvalue weighted by molar-refractivity contribution is 6.30. The van der Waals surface area contributed by atoms with Gasteiger partial charge in [-0.05, 0) is 25.8 Å². The summed E-state index contributed by atoms with van der Waals surface area (Å²) in [5.74, 6) is -1.10. The topological polar surface area (TPSA) is 65.4 Å². The Morgan fingerprint density at radius 1 is 0.933 bits per heavy atom.